The molecule has 26 atom stereocenters. The summed E-state index contributed by atoms with van der Waals surface area (Å²) < 4.78 is 49.0. The third-order valence-corrected chi connectivity index (χ3v) is 21.4. The number of fused-ring (bicyclic) bond motifs is 7. The predicted octanol–water partition coefficient (Wildman–Crippen LogP) is 0.264. The van der Waals surface area contributed by atoms with Gasteiger partial charge in [-0.3, -0.25) is 0 Å². The molecule has 4 saturated carbocycles. The second-order valence-corrected chi connectivity index (χ2v) is 25.8. The fraction of sp³-hybridized carbons (Fsp3) is 0.842. The predicted molar refractivity (Wildman–Crippen MR) is 277 cm³/mol. The first-order chi connectivity index (χ1) is 37.5. The maximum absolute atomic E-state index is 13.8. The van der Waals surface area contributed by atoms with Crippen LogP contribution in [0, 0.1) is 50.2 Å². The molecule has 0 bridgehead atoms. The van der Waals surface area contributed by atoms with Crippen molar-refractivity contribution in [2.45, 2.75) is 225 Å². The quantitative estimate of drug-likeness (QED) is 0.0453. The van der Waals surface area contributed by atoms with E-state index in [0.717, 1.165) is 5.57 Å². The Bertz CT molecular complexity index is 2380. The van der Waals surface area contributed by atoms with Gasteiger partial charge in [-0.1, -0.05) is 65.3 Å². The number of hydrogen-bond donors (Lipinski definition) is 12. The molecule has 0 aromatic carbocycles. The number of carbonyl (C=O) groups is 3. The Morgan fingerprint density at radius 3 is 1.73 bits per heavy atom. The van der Waals surface area contributed by atoms with Crippen molar-refractivity contribution in [3.8, 4) is 0 Å². The van der Waals surface area contributed by atoms with Gasteiger partial charge in [0.25, 0.3) is 0 Å². The van der Waals surface area contributed by atoms with Gasteiger partial charge in [-0.25, -0.2) is 14.4 Å². The van der Waals surface area contributed by atoms with Crippen molar-refractivity contribution in [1.29, 1.82) is 0 Å². The zero-order valence-electron chi connectivity index (χ0n) is 47.5. The molecule has 0 unspecified atom stereocenters. The van der Waals surface area contributed by atoms with Gasteiger partial charge in [-0.05, 0) is 107 Å². The molecule has 5 aliphatic carbocycles. The maximum atomic E-state index is 13.8. The number of aliphatic carboxylic acids is 1. The number of rotatable bonds is 15. The Balaban J connectivity index is 1.14. The van der Waals surface area contributed by atoms with E-state index in [1.54, 1.807) is 39.8 Å². The van der Waals surface area contributed by atoms with Gasteiger partial charge in [0.1, 0.15) is 67.1 Å². The van der Waals surface area contributed by atoms with E-state index >= 15 is 0 Å². The molecule has 0 radical (unpaired) electrons. The fourth-order valence-electron chi connectivity index (χ4n) is 16.2. The van der Waals surface area contributed by atoms with Crippen molar-refractivity contribution < 1.29 is 114 Å². The summed E-state index contributed by atoms with van der Waals surface area (Å²) in [5.41, 5.74) is -3.55. The van der Waals surface area contributed by atoms with Crippen molar-refractivity contribution >= 4 is 17.9 Å². The van der Waals surface area contributed by atoms with Gasteiger partial charge in [0.15, 0.2) is 31.1 Å². The van der Waals surface area contributed by atoms with Crippen molar-refractivity contribution in [1.82, 2.24) is 0 Å². The normalized spacial score (nSPS) is 49.3. The van der Waals surface area contributed by atoms with Gasteiger partial charge in [-0.15, -0.1) is 0 Å². The Labute approximate surface area is 466 Å². The average molecular weight is 1140 g/mol. The van der Waals surface area contributed by atoms with Crippen LogP contribution in [0.15, 0.2) is 34.9 Å². The lowest BCUT2D eigenvalue weighted by Crippen LogP contribution is -2.72. The summed E-state index contributed by atoms with van der Waals surface area (Å²) in [6, 6.07) is 0. The van der Waals surface area contributed by atoms with E-state index in [0.29, 0.717) is 43.3 Å². The number of esters is 2. The maximum Gasteiger partial charge on any atom is 0.335 e. The van der Waals surface area contributed by atoms with Crippen LogP contribution in [-0.2, 0) is 52.3 Å². The molecule has 12 N–H and O–H groups in total. The molecule has 0 spiro atoms. The van der Waals surface area contributed by atoms with Crippen LogP contribution in [0.4, 0.5) is 0 Å². The molecule has 3 aliphatic heterocycles. The summed E-state index contributed by atoms with van der Waals surface area (Å²) in [6.45, 7) is 16.4. The van der Waals surface area contributed by atoms with E-state index in [2.05, 4.69) is 26.8 Å². The molecule has 3 saturated heterocycles. The molecule has 0 aromatic rings. The summed E-state index contributed by atoms with van der Waals surface area (Å²) in [7, 11) is 0. The minimum absolute atomic E-state index is 0.0864. The smallest absolute Gasteiger partial charge is 0.335 e. The molecule has 80 heavy (non-hydrogen) atoms. The largest absolute Gasteiger partial charge is 0.479 e. The number of carboxylic acid groups (broad SMARTS) is 1. The summed E-state index contributed by atoms with van der Waals surface area (Å²) in [6.07, 6.45) is -21.9. The average Bonchev–Trinajstić information content (AvgIpc) is 3.83. The third-order valence-electron chi connectivity index (χ3n) is 21.4. The highest BCUT2D eigenvalue weighted by Crippen LogP contribution is 2.76. The van der Waals surface area contributed by atoms with E-state index in [1.165, 1.54) is 0 Å². The van der Waals surface area contributed by atoms with Gasteiger partial charge < -0.3 is 99.2 Å². The fourth-order valence-corrected chi connectivity index (χ4v) is 16.2. The molecular weight excluding hydrogens is 1050 g/mol. The number of allylic oxidation sites excluding steroid dienone is 4. The van der Waals surface area contributed by atoms with Crippen LogP contribution in [0.2, 0.25) is 0 Å². The topological polar surface area (TPSA) is 368 Å². The van der Waals surface area contributed by atoms with E-state index < -0.39 is 193 Å². The van der Waals surface area contributed by atoms with Crippen LogP contribution in [0.5, 0.6) is 0 Å². The summed E-state index contributed by atoms with van der Waals surface area (Å²) in [5, 5.41) is 133. The van der Waals surface area contributed by atoms with Gasteiger partial charge in [0, 0.05) is 22.0 Å². The van der Waals surface area contributed by atoms with Crippen molar-refractivity contribution in [2.24, 2.45) is 50.2 Å². The molecule has 0 amide bonds. The second-order valence-electron chi connectivity index (χ2n) is 25.8. The lowest BCUT2D eigenvalue weighted by molar-refractivity contribution is -0.387. The molecule has 3 heterocycles. The second kappa shape index (κ2) is 23.1. The van der Waals surface area contributed by atoms with Crippen molar-refractivity contribution in [3.63, 3.8) is 0 Å². The molecule has 454 valence electrons. The van der Waals surface area contributed by atoms with E-state index in [-0.39, 0.29) is 24.7 Å². The van der Waals surface area contributed by atoms with Gasteiger partial charge in [0.05, 0.1) is 44.1 Å². The van der Waals surface area contributed by atoms with E-state index in [4.69, 9.17) is 37.9 Å². The SMILES string of the molecule is C/C=C(\C)C(=O)O[C@H]1[C@H](OC(=O)/C(C)=C/C)[C@]2(CO)[C@H](O)C[C@]3(C)C(=CC[C@@H]4[C@@]5(C)CC[C@H](O[C@@H]6O[C@H](C(=O)O)[C@@H](O)[C@H](O[C@@H]7O[C@@H](CO)[C@H](O)[C@H]7O)[C@H]6O[C@@H]6O[C@H](CO)[C@@H](O)[C@H](O)[C@H]6O)[C@](C)(CO)[C@@H]5CC[C@]43C)[C@@H]2CC1(C)C. The van der Waals surface area contributed by atoms with Crippen molar-refractivity contribution in [3.05, 3.63) is 34.9 Å². The monoisotopic (exact) mass is 1140 g/mol. The number of carboxylic acids is 1. The number of aliphatic hydroxyl groups excluding tert-OH is 11. The summed E-state index contributed by atoms with van der Waals surface area (Å²) in [4.78, 5) is 40.3. The number of ether oxygens (including phenoxy) is 8. The Morgan fingerprint density at radius 2 is 1.19 bits per heavy atom. The lowest BCUT2D eigenvalue weighted by atomic mass is 9.33. The standard InChI is InChI=1S/C57H88O23/c1-11-25(3)47(71)79-44-45(80-48(72)26(4)12-2)57(24-61)28(19-52(44,5)6)27-13-14-32-53(7)17-16-34(54(8,23-60)31(53)15-18-55(32,9)56(27,10)20-33(57)62)75-51-43(78-50-39(67)37(65)35(63)29(21-58)73-50)41(40(68)42(77-51)46(69)70)76-49-38(66)36(64)30(22-59)74-49/h11-13,28-45,49-51,58-68H,14-24H2,1-10H3,(H,69,70)/b25-11+,26-12+/t28-,29+,30-,31+,32+,33+,34-,35+,36-,37-,38+,39+,40-,41-,42-,43+,44-,45-,49-,50-,51+,53-,54+,55+,56+,57-/m0/s1. The van der Waals surface area contributed by atoms with Gasteiger partial charge in [-0.2, -0.15) is 0 Å². The van der Waals surface area contributed by atoms with Gasteiger partial charge >= 0.3 is 17.9 Å². The first-order valence-corrected chi connectivity index (χ1v) is 28.2. The van der Waals surface area contributed by atoms with Crippen LogP contribution >= 0.6 is 0 Å². The Kier molecular flexibility index (Phi) is 18.2. The Hall–Kier alpha value is -3.05. The minimum atomic E-state index is -2.15. The van der Waals surface area contributed by atoms with Crippen LogP contribution in [0.3, 0.4) is 0 Å². The highest BCUT2D eigenvalue weighted by atomic mass is 16.8. The zero-order chi connectivity index (χ0) is 59.1. The first-order valence-electron chi connectivity index (χ1n) is 28.2. The molecule has 7 fully saturated rings. The summed E-state index contributed by atoms with van der Waals surface area (Å²) in [5.74, 6) is -3.87. The van der Waals surface area contributed by atoms with Crippen LogP contribution in [0.25, 0.3) is 0 Å². The van der Waals surface area contributed by atoms with Crippen LogP contribution in [-0.4, -0.2) is 216 Å². The molecular formula is C57H88O23. The molecule has 23 nitrogen and oxygen atoms in total. The number of aliphatic hydroxyl groups is 11. The van der Waals surface area contributed by atoms with Gasteiger partial charge in [0.2, 0.25) is 0 Å². The molecule has 8 rings (SSSR count). The Morgan fingerprint density at radius 1 is 0.637 bits per heavy atom. The first kappa shape index (κ1) is 63.0. The zero-order valence-corrected chi connectivity index (χ0v) is 47.5. The molecule has 8 aliphatic rings. The summed E-state index contributed by atoms with van der Waals surface area (Å²) >= 11 is 0. The van der Waals surface area contributed by atoms with E-state index in [9.17, 15) is 75.7 Å². The minimum Gasteiger partial charge on any atom is -0.479 e. The third kappa shape index (κ3) is 9.95. The molecule has 23 heteroatoms. The van der Waals surface area contributed by atoms with E-state index in [1.807, 2.05) is 20.8 Å². The lowest BCUT2D eigenvalue weighted by Gasteiger charge is -2.72. The molecule has 0 aromatic heterocycles. The number of hydrogen-bond acceptors (Lipinski definition) is 22. The number of carbonyl (C=O) groups excluding carboxylic acids is 2. The van der Waals surface area contributed by atoms with Crippen LogP contribution in [0.1, 0.15) is 114 Å². The highest BCUT2D eigenvalue weighted by molar-refractivity contribution is 5.89. The van der Waals surface area contributed by atoms with Crippen molar-refractivity contribution in [2.75, 3.05) is 26.4 Å². The highest BCUT2D eigenvalue weighted by Gasteiger charge is 2.74. The van der Waals surface area contributed by atoms with Crippen LogP contribution < -0.4 is 0 Å².